The van der Waals surface area contributed by atoms with Crippen LogP contribution < -0.4 is 10.6 Å². The fourth-order valence-corrected chi connectivity index (χ4v) is 2.82. The molecule has 130 valence electrons. The molecule has 0 atom stereocenters. The molecule has 0 aliphatic rings. The maximum atomic E-state index is 5.31. The van der Waals surface area contributed by atoms with Crippen molar-refractivity contribution < 1.29 is 4.52 Å². The van der Waals surface area contributed by atoms with Gasteiger partial charge in [0.05, 0.1) is 12.2 Å². The average Bonchev–Trinajstić information content (AvgIpc) is 3.05. The van der Waals surface area contributed by atoms with Gasteiger partial charge in [0.2, 0.25) is 0 Å². The zero-order chi connectivity index (χ0) is 17.4. The maximum absolute atomic E-state index is 5.31. The zero-order valence-corrected chi connectivity index (χ0v) is 15.6. The largest absolute Gasteiger partial charge is 0.359 e. The molecule has 0 bridgehead atoms. The first-order chi connectivity index (χ1) is 11.6. The highest BCUT2D eigenvalue weighted by Crippen LogP contribution is 2.17. The van der Waals surface area contributed by atoms with Gasteiger partial charge in [-0.1, -0.05) is 36.7 Å². The highest BCUT2D eigenvalue weighted by Gasteiger charge is 2.08. The Bertz CT molecular complexity index is 649. The lowest BCUT2D eigenvalue weighted by Crippen LogP contribution is -2.37. The highest BCUT2D eigenvalue weighted by molar-refractivity contribution is 7.99. The molecule has 0 saturated carbocycles. The summed E-state index contributed by atoms with van der Waals surface area (Å²) in [4.78, 5) is 5.51. The number of aryl methyl sites for hydroxylation is 1. The van der Waals surface area contributed by atoms with Crippen LogP contribution in [0.15, 0.2) is 44.7 Å². The molecule has 0 radical (unpaired) electrons. The Hall–Kier alpha value is -1.95. The molecule has 0 amide bonds. The topological polar surface area (TPSA) is 62.5 Å². The number of thioether (sulfide) groups is 1. The van der Waals surface area contributed by atoms with Crippen molar-refractivity contribution in [3.05, 3.63) is 47.3 Å². The van der Waals surface area contributed by atoms with Gasteiger partial charge < -0.3 is 15.2 Å². The van der Waals surface area contributed by atoms with Gasteiger partial charge in [0.15, 0.2) is 11.7 Å². The SMILES string of the molecule is CN=C(NCCSc1ccc(C)cc1)NCc1cc(C(C)C)no1. The predicted octanol–water partition coefficient (Wildman–Crippen LogP) is 3.56. The van der Waals surface area contributed by atoms with Crippen LogP contribution in [0.3, 0.4) is 0 Å². The van der Waals surface area contributed by atoms with E-state index >= 15 is 0 Å². The van der Waals surface area contributed by atoms with E-state index in [1.165, 1.54) is 10.5 Å². The van der Waals surface area contributed by atoms with Gasteiger partial charge in [0.1, 0.15) is 0 Å². The van der Waals surface area contributed by atoms with Gasteiger partial charge in [-0.05, 0) is 25.0 Å². The molecule has 5 nitrogen and oxygen atoms in total. The number of hydrogen-bond donors (Lipinski definition) is 2. The molecule has 1 aromatic carbocycles. The minimum atomic E-state index is 0.374. The average molecular weight is 347 g/mol. The van der Waals surface area contributed by atoms with Crippen molar-refractivity contribution in [1.82, 2.24) is 15.8 Å². The lowest BCUT2D eigenvalue weighted by atomic mass is 10.1. The summed E-state index contributed by atoms with van der Waals surface area (Å²) in [6.45, 7) is 7.71. The van der Waals surface area contributed by atoms with Crippen molar-refractivity contribution in [3.63, 3.8) is 0 Å². The third-order valence-corrected chi connectivity index (χ3v) is 4.52. The van der Waals surface area contributed by atoms with Crippen LogP contribution in [0.5, 0.6) is 0 Å². The van der Waals surface area contributed by atoms with Crippen LogP contribution in [0, 0.1) is 6.92 Å². The van der Waals surface area contributed by atoms with E-state index in [0.29, 0.717) is 12.5 Å². The Kier molecular flexibility index (Phi) is 7.18. The quantitative estimate of drug-likeness (QED) is 0.347. The van der Waals surface area contributed by atoms with E-state index in [9.17, 15) is 0 Å². The van der Waals surface area contributed by atoms with E-state index in [0.717, 1.165) is 29.7 Å². The fraction of sp³-hybridized carbons (Fsp3) is 0.444. The van der Waals surface area contributed by atoms with E-state index in [1.54, 1.807) is 7.05 Å². The van der Waals surface area contributed by atoms with Gasteiger partial charge in [-0.2, -0.15) is 0 Å². The lowest BCUT2D eigenvalue weighted by Gasteiger charge is -2.10. The third-order valence-electron chi connectivity index (χ3n) is 3.51. The molecule has 6 heteroatoms. The predicted molar refractivity (Wildman–Crippen MR) is 101 cm³/mol. The lowest BCUT2D eigenvalue weighted by molar-refractivity contribution is 0.372. The number of hydrogen-bond acceptors (Lipinski definition) is 4. The number of benzene rings is 1. The third kappa shape index (κ3) is 5.92. The van der Waals surface area contributed by atoms with Crippen molar-refractivity contribution >= 4 is 17.7 Å². The summed E-state index contributed by atoms with van der Waals surface area (Å²) in [5.74, 6) is 2.93. The molecule has 24 heavy (non-hydrogen) atoms. The number of aliphatic imine (C=N–C) groups is 1. The second-order valence-electron chi connectivity index (χ2n) is 5.89. The van der Waals surface area contributed by atoms with E-state index < -0.39 is 0 Å². The Morgan fingerprint density at radius 3 is 2.62 bits per heavy atom. The summed E-state index contributed by atoms with van der Waals surface area (Å²) in [5.41, 5.74) is 2.26. The second kappa shape index (κ2) is 9.37. The van der Waals surface area contributed by atoms with Gasteiger partial charge in [-0.25, -0.2) is 0 Å². The molecule has 0 aliphatic carbocycles. The molecule has 2 rings (SSSR count). The number of nitrogens with one attached hydrogen (secondary N) is 2. The summed E-state index contributed by atoms with van der Waals surface area (Å²) < 4.78 is 5.31. The molecule has 1 aromatic heterocycles. The molecule has 1 heterocycles. The maximum Gasteiger partial charge on any atom is 0.191 e. The molecule has 0 fully saturated rings. The van der Waals surface area contributed by atoms with Crippen LogP contribution in [0.1, 0.15) is 36.8 Å². The minimum Gasteiger partial charge on any atom is -0.359 e. The molecule has 0 spiro atoms. The van der Waals surface area contributed by atoms with Gasteiger partial charge in [-0.15, -0.1) is 11.8 Å². The van der Waals surface area contributed by atoms with Crippen molar-refractivity contribution in [3.8, 4) is 0 Å². The summed E-state index contributed by atoms with van der Waals surface area (Å²) in [6.07, 6.45) is 0. The summed E-state index contributed by atoms with van der Waals surface area (Å²) in [5, 5.41) is 10.6. The van der Waals surface area contributed by atoms with Crippen LogP contribution in [-0.2, 0) is 6.54 Å². The fourth-order valence-electron chi connectivity index (χ4n) is 2.05. The van der Waals surface area contributed by atoms with E-state index in [-0.39, 0.29) is 0 Å². The highest BCUT2D eigenvalue weighted by atomic mass is 32.2. The summed E-state index contributed by atoms with van der Waals surface area (Å²) in [7, 11) is 1.77. The van der Waals surface area contributed by atoms with Crippen molar-refractivity contribution in [1.29, 1.82) is 0 Å². The molecule has 0 saturated heterocycles. The Balaban J connectivity index is 1.69. The van der Waals surface area contributed by atoms with Crippen LogP contribution in [0.2, 0.25) is 0 Å². The molecule has 2 N–H and O–H groups in total. The van der Waals surface area contributed by atoms with Crippen LogP contribution in [-0.4, -0.2) is 30.5 Å². The molecule has 0 unspecified atom stereocenters. The van der Waals surface area contributed by atoms with Crippen LogP contribution >= 0.6 is 11.8 Å². The van der Waals surface area contributed by atoms with Crippen molar-refractivity contribution in [2.24, 2.45) is 4.99 Å². The number of aromatic nitrogens is 1. The Labute approximate surface area is 148 Å². The van der Waals surface area contributed by atoms with Gasteiger partial charge in [0, 0.05) is 30.3 Å². The minimum absolute atomic E-state index is 0.374. The smallest absolute Gasteiger partial charge is 0.191 e. The van der Waals surface area contributed by atoms with Crippen molar-refractivity contribution in [2.75, 3.05) is 19.3 Å². The molecular weight excluding hydrogens is 320 g/mol. The first-order valence-electron chi connectivity index (χ1n) is 8.18. The van der Waals surface area contributed by atoms with E-state index in [4.69, 9.17) is 4.52 Å². The standard InChI is InChI=1S/C18H26N4OS/c1-13(2)17-11-15(23-22-17)12-21-18(19-4)20-9-10-24-16-7-5-14(3)6-8-16/h5-8,11,13H,9-10,12H2,1-4H3,(H2,19,20,21). The molecule has 2 aromatic rings. The number of rotatable bonds is 7. The van der Waals surface area contributed by atoms with Gasteiger partial charge in [-0.3, -0.25) is 4.99 Å². The van der Waals surface area contributed by atoms with E-state index in [2.05, 4.69) is 65.8 Å². The number of nitrogens with zero attached hydrogens (tertiary/aromatic N) is 2. The first-order valence-corrected chi connectivity index (χ1v) is 9.16. The van der Waals surface area contributed by atoms with Gasteiger partial charge in [0.25, 0.3) is 0 Å². The monoisotopic (exact) mass is 346 g/mol. The van der Waals surface area contributed by atoms with Crippen LogP contribution in [0.25, 0.3) is 0 Å². The first kappa shape index (κ1) is 18.4. The normalized spacial score (nSPS) is 11.8. The zero-order valence-electron chi connectivity index (χ0n) is 14.8. The molecular formula is C18H26N4OS. The van der Waals surface area contributed by atoms with Crippen molar-refractivity contribution in [2.45, 2.75) is 38.1 Å². The second-order valence-corrected chi connectivity index (χ2v) is 7.06. The Morgan fingerprint density at radius 1 is 1.25 bits per heavy atom. The summed E-state index contributed by atoms with van der Waals surface area (Å²) >= 11 is 1.83. The molecule has 0 aliphatic heterocycles. The van der Waals surface area contributed by atoms with Crippen LogP contribution in [0.4, 0.5) is 0 Å². The number of guanidine groups is 1. The summed E-state index contributed by atoms with van der Waals surface area (Å²) in [6, 6.07) is 10.6. The Morgan fingerprint density at radius 2 is 2.00 bits per heavy atom. The van der Waals surface area contributed by atoms with E-state index in [1.807, 2.05) is 17.8 Å². The van der Waals surface area contributed by atoms with Gasteiger partial charge >= 0.3 is 0 Å².